The second kappa shape index (κ2) is 5.35. The van der Waals surface area contributed by atoms with Crippen molar-refractivity contribution in [2.24, 2.45) is 0 Å². The summed E-state index contributed by atoms with van der Waals surface area (Å²) in [7, 11) is 0. The average molecular weight is 288 g/mol. The third kappa shape index (κ3) is 4.02. The van der Waals surface area contributed by atoms with E-state index in [9.17, 15) is 18.0 Å². The Balaban J connectivity index is 2.11. The van der Waals surface area contributed by atoms with Gasteiger partial charge in [-0.3, -0.25) is 13.8 Å². The van der Waals surface area contributed by atoms with Crippen LogP contribution in [0.4, 0.5) is 13.2 Å². The van der Waals surface area contributed by atoms with Crippen LogP contribution in [0.1, 0.15) is 0 Å². The van der Waals surface area contributed by atoms with E-state index in [1.54, 1.807) is 0 Å². The van der Waals surface area contributed by atoms with Crippen molar-refractivity contribution in [1.82, 2.24) is 8.96 Å². The number of halogens is 3. The molecule has 1 heterocycles. The van der Waals surface area contributed by atoms with Crippen LogP contribution in [0.5, 0.6) is 5.75 Å². The maximum atomic E-state index is 12.0. The van der Waals surface area contributed by atoms with Crippen molar-refractivity contribution in [3.8, 4) is 5.75 Å². The van der Waals surface area contributed by atoms with E-state index < -0.39 is 6.36 Å². The Kier molecular flexibility index (Phi) is 3.79. The lowest BCUT2D eigenvalue weighted by atomic mass is 10.3. The third-order valence-corrected chi connectivity index (χ3v) is 2.93. The molecular formula is C11H7F3N2O2S. The summed E-state index contributed by atoms with van der Waals surface area (Å²) in [6, 6.07) is 5.22. The molecule has 0 bridgehead atoms. The summed E-state index contributed by atoms with van der Waals surface area (Å²) < 4.78 is 40.9. The van der Waals surface area contributed by atoms with Crippen molar-refractivity contribution in [2.45, 2.75) is 11.3 Å². The molecule has 1 aromatic heterocycles. The summed E-state index contributed by atoms with van der Waals surface area (Å²) >= 11 is 1.07. The molecule has 0 saturated heterocycles. The first kappa shape index (κ1) is 13.5. The summed E-state index contributed by atoms with van der Waals surface area (Å²) in [5.41, 5.74) is -0.317. The molecule has 2 aromatic rings. The molecule has 19 heavy (non-hydrogen) atoms. The van der Waals surface area contributed by atoms with E-state index in [0.29, 0.717) is 4.90 Å². The predicted octanol–water partition coefficient (Wildman–Crippen LogP) is 2.70. The first-order chi connectivity index (χ1) is 8.94. The molecule has 0 amide bonds. The van der Waals surface area contributed by atoms with E-state index in [-0.39, 0.29) is 11.3 Å². The molecular weight excluding hydrogens is 281 g/mol. The lowest BCUT2D eigenvalue weighted by Crippen LogP contribution is -2.17. The van der Waals surface area contributed by atoms with Gasteiger partial charge < -0.3 is 4.74 Å². The van der Waals surface area contributed by atoms with Crippen LogP contribution in [0.25, 0.3) is 0 Å². The highest BCUT2D eigenvalue weighted by molar-refractivity contribution is 7.97. The molecule has 8 heteroatoms. The van der Waals surface area contributed by atoms with E-state index in [4.69, 9.17) is 0 Å². The predicted molar refractivity (Wildman–Crippen MR) is 62.9 cm³/mol. The van der Waals surface area contributed by atoms with Gasteiger partial charge in [-0.1, -0.05) is 0 Å². The highest BCUT2D eigenvalue weighted by Crippen LogP contribution is 2.25. The van der Waals surface area contributed by atoms with E-state index in [1.165, 1.54) is 40.6 Å². The summed E-state index contributed by atoms with van der Waals surface area (Å²) in [5, 5.41) is 0. The van der Waals surface area contributed by atoms with Gasteiger partial charge in [0.25, 0.3) is 5.56 Å². The van der Waals surface area contributed by atoms with Gasteiger partial charge in [0.05, 0.1) is 6.20 Å². The fourth-order valence-corrected chi connectivity index (χ4v) is 1.96. The van der Waals surface area contributed by atoms with Crippen molar-refractivity contribution < 1.29 is 17.9 Å². The molecule has 0 radical (unpaired) electrons. The molecule has 2 rings (SSSR count). The summed E-state index contributed by atoms with van der Waals surface area (Å²) in [6.07, 6.45) is -0.659. The van der Waals surface area contributed by atoms with Crippen LogP contribution in [0.2, 0.25) is 0 Å². The Bertz CT molecular complexity index is 610. The minimum atomic E-state index is -4.71. The Morgan fingerprint density at radius 3 is 2.47 bits per heavy atom. The van der Waals surface area contributed by atoms with Gasteiger partial charge >= 0.3 is 6.36 Å². The van der Waals surface area contributed by atoms with Crippen molar-refractivity contribution in [3.05, 3.63) is 53.2 Å². The molecule has 0 N–H and O–H groups in total. The highest BCUT2D eigenvalue weighted by atomic mass is 32.2. The normalized spacial score (nSPS) is 11.3. The number of hydrogen-bond donors (Lipinski definition) is 0. The molecule has 0 aliphatic rings. The molecule has 0 saturated carbocycles. The topological polar surface area (TPSA) is 44.1 Å². The second-order valence-corrected chi connectivity index (χ2v) is 4.40. The van der Waals surface area contributed by atoms with Crippen LogP contribution in [0, 0.1) is 0 Å². The molecule has 0 aliphatic heterocycles. The number of aromatic nitrogens is 2. The van der Waals surface area contributed by atoms with Gasteiger partial charge in [-0.25, -0.2) is 0 Å². The van der Waals surface area contributed by atoms with Crippen molar-refractivity contribution in [1.29, 1.82) is 0 Å². The summed E-state index contributed by atoms with van der Waals surface area (Å²) in [6.45, 7) is 0. The molecule has 0 spiro atoms. The van der Waals surface area contributed by atoms with Crippen LogP contribution in [0.3, 0.4) is 0 Å². The Labute approximate surface area is 110 Å². The van der Waals surface area contributed by atoms with Crippen LogP contribution < -0.4 is 10.3 Å². The van der Waals surface area contributed by atoms with Crippen LogP contribution >= 0.6 is 11.9 Å². The van der Waals surface area contributed by atoms with Gasteiger partial charge in [0.15, 0.2) is 0 Å². The number of rotatable bonds is 3. The fourth-order valence-electron chi connectivity index (χ4n) is 1.23. The molecule has 1 aromatic carbocycles. The first-order valence-electron chi connectivity index (χ1n) is 5.01. The minimum Gasteiger partial charge on any atom is -0.406 e. The van der Waals surface area contributed by atoms with Gasteiger partial charge in [0, 0.05) is 17.3 Å². The van der Waals surface area contributed by atoms with Gasteiger partial charge in [-0.15, -0.1) is 13.2 Å². The Morgan fingerprint density at radius 2 is 1.89 bits per heavy atom. The maximum absolute atomic E-state index is 12.0. The van der Waals surface area contributed by atoms with Gasteiger partial charge in [-0.05, 0) is 36.2 Å². The number of ether oxygens (including phenoxy) is 1. The lowest BCUT2D eigenvalue weighted by Gasteiger charge is -2.09. The molecule has 0 aliphatic carbocycles. The largest absolute Gasteiger partial charge is 0.573 e. The number of benzene rings is 1. The van der Waals surface area contributed by atoms with Crippen LogP contribution in [0.15, 0.2) is 52.5 Å². The van der Waals surface area contributed by atoms with Gasteiger partial charge in [-0.2, -0.15) is 0 Å². The number of alkyl halides is 3. The zero-order chi connectivity index (χ0) is 13.9. The third-order valence-electron chi connectivity index (χ3n) is 1.95. The highest BCUT2D eigenvalue weighted by Gasteiger charge is 2.30. The molecule has 0 atom stereocenters. The van der Waals surface area contributed by atoms with Gasteiger partial charge in [0.2, 0.25) is 0 Å². The first-order valence-corrected chi connectivity index (χ1v) is 5.78. The summed E-state index contributed by atoms with van der Waals surface area (Å²) in [5.74, 6) is -0.307. The molecule has 0 fully saturated rings. The molecule has 4 nitrogen and oxygen atoms in total. The van der Waals surface area contributed by atoms with Crippen molar-refractivity contribution in [3.63, 3.8) is 0 Å². The van der Waals surface area contributed by atoms with E-state index in [0.717, 1.165) is 18.1 Å². The van der Waals surface area contributed by atoms with Crippen LogP contribution in [-0.4, -0.2) is 15.3 Å². The number of nitrogens with zero attached hydrogens (tertiary/aromatic N) is 2. The quantitative estimate of drug-likeness (QED) is 0.871. The summed E-state index contributed by atoms with van der Waals surface area (Å²) in [4.78, 5) is 15.6. The Hall–Kier alpha value is -1.96. The van der Waals surface area contributed by atoms with Gasteiger partial charge in [0.1, 0.15) is 5.75 Å². The minimum absolute atomic E-state index is 0.307. The molecule has 0 unspecified atom stereocenters. The van der Waals surface area contributed by atoms with Crippen molar-refractivity contribution in [2.75, 3.05) is 0 Å². The standard InChI is InChI=1S/C11H7F3N2O2S/c12-11(13,14)18-8-1-3-9(4-2-8)19-16-6-5-15-7-10(16)17/h1-7H. The average Bonchev–Trinajstić information content (AvgIpc) is 2.33. The smallest absolute Gasteiger partial charge is 0.406 e. The number of hydrogen-bond acceptors (Lipinski definition) is 4. The van der Waals surface area contributed by atoms with Crippen LogP contribution in [-0.2, 0) is 0 Å². The molecule has 100 valence electrons. The van der Waals surface area contributed by atoms with Crippen molar-refractivity contribution >= 4 is 11.9 Å². The monoisotopic (exact) mass is 288 g/mol. The maximum Gasteiger partial charge on any atom is 0.573 e. The van der Waals surface area contributed by atoms with E-state index in [1.807, 2.05) is 0 Å². The zero-order valence-corrected chi connectivity index (χ0v) is 10.1. The fraction of sp³-hybridized carbons (Fsp3) is 0.0909. The van der Waals surface area contributed by atoms with E-state index in [2.05, 4.69) is 9.72 Å². The Morgan fingerprint density at radius 1 is 1.21 bits per heavy atom. The van der Waals surface area contributed by atoms with E-state index >= 15 is 0 Å². The second-order valence-electron chi connectivity index (χ2n) is 3.35. The zero-order valence-electron chi connectivity index (χ0n) is 9.29. The lowest BCUT2D eigenvalue weighted by molar-refractivity contribution is -0.274. The SMILES string of the molecule is O=c1cnccn1Sc1ccc(OC(F)(F)F)cc1.